The molecule has 0 bridgehead atoms. The van der Waals surface area contributed by atoms with Crippen molar-refractivity contribution in [3.05, 3.63) is 71.4 Å². The molecule has 1 aliphatic heterocycles. The quantitative estimate of drug-likeness (QED) is 0.201. The number of carbonyl (C=O) groups is 2. The lowest BCUT2D eigenvalue weighted by atomic mass is 9.81. The highest BCUT2D eigenvalue weighted by Crippen LogP contribution is 2.35. The first-order valence-electron chi connectivity index (χ1n) is 15.7. The van der Waals surface area contributed by atoms with E-state index in [1.807, 2.05) is 30.3 Å². The molecule has 2 aromatic heterocycles. The fraction of sp³-hybridized carbons (Fsp3) is 0.394. The number of H-pyrrole nitrogens is 1. The van der Waals surface area contributed by atoms with E-state index < -0.39 is 6.04 Å². The van der Waals surface area contributed by atoms with Crippen LogP contribution in [0.5, 0.6) is 0 Å². The van der Waals surface area contributed by atoms with Crippen molar-refractivity contribution in [2.75, 3.05) is 43.1 Å². The van der Waals surface area contributed by atoms with Gasteiger partial charge in [0.15, 0.2) is 0 Å². The molecule has 13 heteroatoms. The number of aromatic amines is 1. The Morgan fingerprint density at radius 2 is 1.72 bits per heavy atom. The molecule has 2 amide bonds. The van der Waals surface area contributed by atoms with Crippen molar-refractivity contribution >= 4 is 34.9 Å². The number of nitrogens with one attached hydrogen (secondary N) is 3. The molecule has 1 atom stereocenters. The van der Waals surface area contributed by atoms with Crippen LogP contribution in [0.3, 0.4) is 0 Å². The van der Waals surface area contributed by atoms with Crippen LogP contribution < -0.4 is 21.3 Å². The predicted octanol–water partition coefficient (Wildman–Crippen LogP) is 3.85. The van der Waals surface area contributed by atoms with Crippen LogP contribution in [0.1, 0.15) is 31.2 Å². The van der Waals surface area contributed by atoms with Crippen LogP contribution in [-0.4, -0.2) is 76.3 Å². The number of carbonyl (C=O) groups excluding carboxylic acids is 2. The molecular weight excluding hydrogens is 606 g/mol. The number of morpholine rings is 1. The summed E-state index contributed by atoms with van der Waals surface area (Å²) in [6.45, 7) is 3.40. The molecule has 3 heterocycles. The number of pyridine rings is 1. The number of tetrazole rings is 1. The Kier molecular flexibility index (Phi) is 10.2. The van der Waals surface area contributed by atoms with Crippen molar-refractivity contribution in [2.24, 2.45) is 17.6 Å². The standard InChI is InChI=1S/C33H38ClN9O3/c34-29-27(13-14-36-31(29)43-15-17-46-18-16-43)23-5-1-21(2-6-23)19-28(38-32(44)25-7-3-22(20-35)4-8-25)33(45)37-26-11-9-24(10-12-26)30-39-41-42-40-30/h1-2,5-6,9-14,22,25,28H,3-4,7-8,15-20,35H2,(H,37,45)(H,38,44)(H,39,40,41,42)/t22?,25?,28-/m0/s1. The van der Waals surface area contributed by atoms with Crippen LogP contribution in [0.4, 0.5) is 11.5 Å². The molecule has 6 rings (SSSR count). The molecule has 12 nitrogen and oxygen atoms in total. The molecule has 2 aromatic carbocycles. The number of anilines is 2. The topological polar surface area (TPSA) is 164 Å². The van der Waals surface area contributed by atoms with Gasteiger partial charge in [-0.25, -0.2) is 4.98 Å². The molecule has 2 fully saturated rings. The second-order valence-corrected chi connectivity index (χ2v) is 12.2. The van der Waals surface area contributed by atoms with Crippen LogP contribution in [0.2, 0.25) is 5.02 Å². The van der Waals surface area contributed by atoms with Gasteiger partial charge in [-0.15, -0.1) is 10.2 Å². The number of amides is 2. The van der Waals surface area contributed by atoms with E-state index in [9.17, 15) is 9.59 Å². The Bertz CT molecular complexity index is 1600. The lowest BCUT2D eigenvalue weighted by Gasteiger charge is -2.29. The number of rotatable bonds is 10. The molecule has 2 aliphatic rings. The van der Waals surface area contributed by atoms with E-state index in [1.165, 1.54) is 0 Å². The highest BCUT2D eigenvalue weighted by Gasteiger charge is 2.29. The zero-order chi connectivity index (χ0) is 31.9. The van der Waals surface area contributed by atoms with E-state index in [0.29, 0.717) is 48.6 Å². The van der Waals surface area contributed by atoms with Crippen molar-refractivity contribution in [1.82, 2.24) is 30.9 Å². The maximum absolute atomic E-state index is 13.6. The Balaban J connectivity index is 1.17. The number of hydrogen-bond acceptors (Lipinski definition) is 9. The Hall–Kier alpha value is -4.39. The van der Waals surface area contributed by atoms with Gasteiger partial charge in [0.25, 0.3) is 0 Å². The summed E-state index contributed by atoms with van der Waals surface area (Å²) in [4.78, 5) is 33.7. The van der Waals surface area contributed by atoms with Gasteiger partial charge < -0.3 is 26.0 Å². The minimum atomic E-state index is -0.778. The Labute approximate surface area is 272 Å². The van der Waals surface area contributed by atoms with Gasteiger partial charge in [-0.05, 0) is 84.8 Å². The summed E-state index contributed by atoms with van der Waals surface area (Å²) in [7, 11) is 0. The highest BCUT2D eigenvalue weighted by molar-refractivity contribution is 6.35. The minimum Gasteiger partial charge on any atom is -0.378 e. The third kappa shape index (κ3) is 7.52. The summed E-state index contributed by atoms with van der Waals surface area (Å²) >= 11 is 6.84. The lowest BCUT2D eigenvalue weighted by molar-refractivity contribution is -0.130. The summed E-state index contributed by atoms with van der Waals surface area (Å²) in [6, 6.07) is 16.2. The van der Waals surface area contributed by atoms with E-state index in [0.717, 1.165) is 66.8 Å². The van der Waals surface area contributed by atoms with E-state index in [4.69, 9.17) is 22.1 Å². The molecule has 5 N–H and O–H groups in total. The molecule has 1 aliphatic carbocycles. The zero-order valence-corrected chi connectivity index (χ0v) is 26.2. The first-order chi connectivity index (χ1) is 22.5. The largest absolute Gasteiger partial charge is 0.378 e. The number of ether oxygens (including phenoxy) is 1. The van der Waals surface area contributed by atoms with Gasteiger partial charge in [-0.1, -0.05) is 35.9 Å². The minimum absolute atomic E-state index is 0.0982. The summed E-state index contributed by atoms with van der Waals surface area (Å²) in [5.74, 6) is 1.13. The van der Waals surface area contributed by atoms with Crippen LogP contribution in [0.25, 0.3) is 22.5 Å². The van der Waals surface area contributed by atoms with Gasteiger partial charge in [-0.3, -0.25) is 9.59 Å². The van der Waals surface area contributed by atoms with E-state index in [2.05, 4.69) is 41.1 Å². The van der Waals surface area contributed by atoms with E-state index in [1.54, 1.807) is 30.5 Å². The van der Waals surface area contributed by atoms with Gasteiger partial charge in [0.05, 0.1) is 18.2 Å². The molecular formula is C33H38ClN9O3. The molecule has 1 saturated carbocycles. The third-order valence-electron chi connectivity index (χ3n) is 8.83. The van der Waals surface area contributed by atoms with E-state index >= 15 is 0 Å². The summed E-state index contributed by atoms with van der Waals surface area (Å²) in [5.41, 5.74) is 9.94. The number of benzene rings is 2. The average molecular weight is 644 g/mol. The molecule has 4 aromatic rings. The van der Waals surface area contributed by atoms with Crippen molar-refractivity contribution in [1.29, 1.82) is 0 Å². The van der Waals surface area contributed by atoms with Gasteiger partial charge in [-0.2, -0.15) is 5.21 Å². The Morgan fingerprint density at radius 1 is 1.00 bits per heavy atom. The maximum atomic E-state index is 13.6. The second-order valence-electron chi connectivity index (χ2n) is 11.8. The van der Waals surface area contributed by atoms with Gasteiger partial charge in [0.1, 0.15) is 11.9 Å². The molecule has 240 valence electrons. The molecule has 1 saturated heterocycles. The zero-order valence-electron chi connectivity index (χ0n) is 25.5. The highest BCUT2D eigenvalue weighted by atomic mass is 35.5. The first-order valence-corrected chi connectivity index (χ1v) is 16.1. The molecule has 0 spiro atoms. The van der Waals surface area contributed by atoms with Crippen molar-refractivity contribution in [3.8, 4) is 22.5 Å². The van der Waals surface area contributed by atoms with Crippen LogP contribution in [0.15, 0.2) is 60.8 Å². The van der Waals surface area contributed by atoms with Gasteiger partial charge in [0, 0.05) is 48.4 Å². The summed E-state index contributed by atoms with van der Waals surface area (Å²) in [6.07, 6.45) is 5.47. The van der Waals surface area contributed by atoms with Crippen LogP contribution in [0, 0.1) is 11.8 Å². The molecule has 46 heavy (non-hydrogen) atoms. The van der Waals surface area contributed by atoms with Crippen molar-refractivity contribution in [3.63, 3.8) is 0 Å². The number of nitrogens with two attached hydrogens (primary N) is 1. The monoisotopic (exact) mass is 643 g/mol. The summed E-state index contributed by atoms with van der Waals surface area (Å²) < 4.78 is 5.48. The molecule has 0 unspecified atom stereocenters. The summed E-state index contributed by atoms with van der Waals surface area (Å²) in [5, 5.41) is 20.6. The normalized spacial score (nSPS) is 19.0. The van der Waals surface area contributed by atoms with Crippen LogP contribution in [-0.2, 0) is 20.7 Å². The fourth-order valence-corrected chi connectivity index (χ4v) is 6.42. The van der Waals surface area contributed by atoms with Crippen molar-refractivity contribution in [2.45, 2.75) is 38.1 Å². The number of nitrogens with zero attached hydrogens (tertiary/aromatic N) is 5. The van der Waals surface area contributed by atoms with Crippen LogP contribution >= 0.6 is 11.6 Å². The lowest BCUT2D eigenvalue weighted by Crippen LogP contribution is -2.48. The third-order valence-corrected chi connectivity index (χ3v) is 9.20. The number of hydrogen-bond donors (Lipinski definition) is 4. The smallest absolute Gasteiger partial charge is 0.247 e. The average Bonchev–Trinajstić information content (AvgIpc) is 3.65. The number of halogens is 1. The number of aromatic nitrogens is 5. The second kappa shape index (κ2) is 14.8. The maximum Gasteiger partial charge on any atom is 0.247 e. The SMILES string of the molecule is NCC1CCC(C(=O)N[C@@H](Cc2ccc(-c3ccnc(N4CCOCC4)c3Cl)cc2)C(=O)Nc2ccc(-c3nn[nH]n3)cc2)CC1. The van der Waals surface area contributed by atoms with Crippen molar-refractivity contribution < 1.29 is 14.3 Å². The first kappa shape index (κ1) is 31.6. The van der Waals surface area contributed by atoms with Gasteiger partial charge >= 0.3 is 0 Å². The van der Waals surface area contributed by atoms with Gasteiger partial charge in [0.2, 0.25) is 17.6 Å². The predicted molar refractivity (Wildman–Crippen MR) is 176 cm³/mol. The molecule has 0 radical (unpaired) electrons. The van der Waals surface area contributed by atoms with E-state index in [-0.39, 0.29) is 17.7 Å². The fourth-order valence-electron chi connectivity index (χ4n) is 6.08. The Morgan fingerprint density at radius 3 is 2.39 bits per heavy atom.